The molecule has 0 heterocycles. The zero-order chi connectivity index (χ0) is 13.2. The van der Waals surface area contributed by atoms with E-state index in [-0.39, 0.29) is 0 Å². The van der Waals surface area contributed by atoms with Crippen molar-refractivity contribution in [1.29, 1.82) is 0 Å². The van der Waals surface area contributed by atoms with Crippen LogP contribution in [0.1, 0.15) is 51.0 Å². The predicted molar refractivity (Wildman–Crippen MR) is 84.2 cm³/mol. The number of benzene rings is 1. The molecule has 0 atom stereocenters. The zero-order valence-electron chi connectivity index (χ0n) is 11.1. The van der Waals surface area contributed by atoms with Gasteiger partial charge in [0.05, 0.1) is 0 Å². The summed E-state index contributed by atoms with van der Waals surface area (Å²) < 4.78 is 1.09. The lowest BCUT2D eigenvalue weighted by molar-refractivity contribution is 0.571. The van der Waals surface area contributed by atoms with E-state index in [0.717, 1.165) is 22.6 Å². The van der Waals surface area contributed by atoms with Gasteiger partial charge >= 0.3 is 0 Å². The molecule has 1 N–H and O–H groups in total. The van der Waals surface area contributed by atoms with Crippen LogP contribution in [0.15, 0.2) is 22.7 Å². The number of nitrogens with one attached hydrogen (secondary N) is 1. The predicted octanol–water partition coefficient (Wildman–Crippen LogP) is 5.55. The average Bonchev–Trinajstić information content (AvgIpc) is 2.35. The molecular formula is C15H23BrClN. The van der Waals surface area contributed by atoms with Crippen LogP contribution >= 0.6 is 27.5 Å². The average molecular weight is 333 g/mol. The highest BCUT2D eigenvalue weighted by atomic mass is 79.9. The Morgan fingerprint density at radius 1 is 1.11 bits per heavy atom. The molecule has 0 spiro atoms. The zero-order valence-corrected chi connectivity index (χ0v) is 13.5. The first-order chi connectivity index (χ1) is 8.74. The molecule has 0 aliphatic carbocycles. The summed E-state index contributed by atoms with van der Waals surface area (Å²) in [4.78, 5) is 0. The minimum atomic E-state index is 0.779. The molecule has 0 radical (unpaired) electrons. The summed E-state index contributed by atoms with van der Waals surface area (Å²) >= 11 is 9.44. The van der Waals surface area contributed by atoms with E-state index >= 15 is 0 Å². The van der Waals surface area contributed by atoms with Gasteiger partial charge in [-0.05, 0) is 30.7 Å². The molecule has 1 aromatic rings. The quantitative estimate of drug-likeness (QED) is 0.584. The smallest absolute Gasteiger partial charge is 0.0417 e. The van der Waals surface area contributed by atoms with Gasteiger partial charge in [-0.25, -0.2) is 0 Å². The van der Waals surface area contributed by atoms with Crippen molar-refractivity contribution in [1.82, 2.24) is 5.32 Å². The number of rotatable bonds is 9. The highest BCUT2D eigenvalue weighted by Gasteiger charge is 1.99. The molecule has 0 fully saturated rings. The van der Waals surface area contributed by atoms with E-state index in [4.69, 9.17) is 11.6 Å². The van der Waals surface area contributed by atoms with Crippen LogP contribution in [0.4, 0.5) is 0 Å². The van der Waals surface area contributed by atoms with Crippen LogP contribution in [0.5, 0.6) is 0 Å². The molecule has 0 saturated carbocycles. The van der Waals surface area contributed by atoms with Crippen LogP contribution in [-0.4, -0.2) is 6.54 Å². The van der Waals surface area contributed by atoms with Gasteiger partial charge in [-0.3, -0.25) is 0 Å². The molecule has 1 aromatic carbocycles. The van der Waals surface area contributed by atoms with Crippen LogP contribution in [0, 0.1) is 0 Å². The van der Waals surface area contributed by atoms with Crippen molar-refractivity contribution in [3.63, 3.8) is 0 Å². The van der Waals surface area contributed by atoms with Crippen molar-refractivity contribution < 1.29 is 0 Å². The SMILES string of the molecule is CCCCCCCCNCc1ccc(Cl)cc1Br. The molecule has 0 saturated heterocycles. The lowest BCUT2D eigenvalue weighted by Gasteiger charge is -2.07. The minimum Gasteiger partial charge on any atom is -0.313 e. The monoisotopic (exact) mass is 331 g/mol. The lowest BCUT2D eigenvalue weighted by Crippen LogP contribution is -2.14. The Labute approximate surface area is 124 Å². The second-order valence-corrected chi connectivity index (χ2v) is 5.97. The van der Waals surface area contributed by atoms with E-state index in [1.807, 2.05) is 12.1 Å². The van der Waals surface area contributed by atoms with Gasteiger partial charge in [0.15, 0.2) is 0 Å². The molecule has 102 valence electrons. The van der Waals surface area contributed by atoms with Crippen molar-refractivity contribution in [2.75, 3.05) is 6.54 Å². The standard InChI is InChI=1S/C15H23BrClN/c1-2-3-4-5-6-7-10-18-12-13-8-9-14(17)11-15(13)16/h8-9,11,18H,2-7,10,12H2,1H3. The molecule has 0 aromatic heterocycles. The van der Waals surface area contributed by atoms with Crippen molar-refractivity contribution in [2.45, 2.75) is 52.0 Å². The molecule has 0 aliphatic heterocycles. The lowest BCUT2D eigenvalue weighted by atomic mass is 10.1. The summed E-state index contributed by atoms with van der Waals surface area (Å²) in [5.41, 5.74) is 1.27. The molecule has 18 heavy (non-hydrogen) atoms. The molecule has 0 unspecified atom stereocenters. The van der Waals surface area contributed by atoms with E-state index in [1.165, 1.54) is 44.1 Å². The fourth-order valence-electron chi connectivity index (χ4n) is 1.92. The first-order valence-electron chi connectivity index (χ1n) is 6.88. The van der Waals surface area contributed by atoms with Gasteiger partial charge in [0.1, 0.15) is 0 Å². The highest BCUT2D eigenvalue weighted by molar-refractivity contribution is 9.10. The first-order valence-corrected chi connectivity index (χ1v) is 8.05. The van der Waals surface area contributed by atoms with Gasteiger partial charge in [-0.15, -0.1) is 0 Å². The van der Waals surface area contributed by atoms with Crippen LogP contribution < -0.4 is 5.32 Å². The van der Waals surface area contributed by atoms with Gasteiger partial charge in [0.25, 0.3) is 0 Å². The van der Waals surface area contributed by atoms with Crippen molar-refractivity contribution in [3.05, 3.63) is 33.3 Å². The third-order valence-corrected chi connectivity index (χ3v) is 4.01. The van der Waals surface area contributed by atoms with E-state index in [1.54, 1.807) is 0 Å². The van der Waals surface area contributed by atoms with Gasteiger partial charge in [-0.2, -0.15) is 0 Å². The second-order valence-electron chi connectivity index (χ2n) is 4.68. The van der Waals surface area contributed by atoms with Crippen LogP contribution in [0.2, 0.25) is 5.02 Å². The number of hydrogen-bond acceptors (Lipinski definition) is 1. The molecule has 0 bridgehead atoms. The summed E-state index contributed by atoms with van der Waals surface area (Å²) in [6.45, 7) is 4.26. The maximum atomic E-state index is 5.91. The van der Waals surface area contributed by atoms with Gasteiger partial charge in [0, 0.05) is 16.0 Å². The van der Waals surface area contributed by atoms with E-state index in [9.17, 15) is 0 Å². The second kappa shape index (κ2) is 9.82. The number of halogens is 2. The van der Waals surface area contributed by atoms with Crippen LogP contribution in [0.25, 0.3) is 0 Å². The Hall–Kier alpha value is -0.0500. The third-order valence-electron chi connectivity index (χ3n) is 3.04. The van der Waals surface area contributed by atoms with Crippen molar-refractivity contribution in [3.8, 4) is 0 Å². The topological polar surface area (TPSA) is 12.0 Å². The Morgan fingerprint density at radius 3 is 2.56 bits per heavy atom. The molecule has 0 amide bonds. The molecule has 0 aliphatic rings. The Kier molecular flexibility index (Phi) is 8.74. The Bertz CT molecular complexity index is 341. The Balaban J connectivity index is 2.07. The van der Waals surface area contributed by atoms with Gasteiger partial charge in [-0.1, -0.05) is 72.6 Å². The first kappa shape index (κ1) is 16.0. The summed E-state index contributed by atoms with van der Waals surface area (Å²) in [5.74, 6) is 0. The van der Waals surface area contributed by atoms with Gasteiger partial charge < -0.3 is 5.32 Å². The summed E-state index contributed by atoms with van der Waals surface area (Å²) in [7, 11) is 0. The van der Waals surface area contributed by atoms with Crippen LogP contribution in [0.3, 0.4) is 0 Å². The molecule has 1 rings (SSSR count). The van der Waals surface area contributed by atoms with Gasteiger partial charge in [0.2, 0.25) is 0 Å². The van der Waals surface area contributed by atoms with Crippen molar-refractivity contribution in [2.24, 2.45) is 0 Å². The maximum absolute atomic E-state index is 5.91. The maximum Gasteiger partial charge on any atom is 0.0417 e. The number of hydrogen-bond donors (Lipinski definition) is 1. The Morgan fingerprint density at radius 2 is 1.83 bits per heavy atom. The summed E-state index contributed by atoms with van der Waals surface area (Å²) in [5, 5.41) is 4.26. The molecule has 3 heteroatoms. The molecule has 1 nitrogen and oxygen atoms in total. The normalized spacial score (nSPS) is 10.8. The molecular weight excluding hydrogens is 310 g/mol. The summed E-state index contributed by atoms with van der Waals surface area (Å²) in [6.07, 6.45) is 8.08. The summed E-state index contributed by atoms with van der Waals surface area (Å²) in [6, 6.07) is 5.96. The minimum absolute atomic E-state index is 0.779. The third kappa shape index (κ3) is 6.77. The fourth-order valence-corrected chi connectivity index (χ4v) is 2.74. The van der Waals surface area contributed by atoms with E-state index in [0.29, 0.717) is 0 Å². The highest BCUT2D eigenvalue weighted by Crippen LogP contribution is 2.21. The largest absolute Gasteiger partial charge is 0.313 e. The van der Waals surface area contributed by atoms with Crippen molar-refractivity contribution >= 4 is 27.5 Å². The van der Waals surface area contributed by atoms with E-state index in [2.05, 4.69) is 34.2 Å². The van der Waals surface area contributed by atoms with Crippen LogP contribution in [-0.2, 0) is 6.54 Å². The number of unbranched alkanes of at least 4 members (excludes halogenated alkanes) is 5. The van der Waals surface area contributed by atoms with E-state index < -0.39 is 0 Å². The fraction of sp³-hybridized carbons (Fsp3) is 0.600.